The number of rotatable bonds is 4. The van der Waals surface area contributed by atoms with E-state index in [1.54, 1.807) is 0 Å². The van der Waals surface area contributed by atoms with Crippen molar-refractivity contribution in [1.29, 1.82) is 0 Å². The molecule has 29 heavy (non-hydrogen) atoms. The van der Waals surface area contributed by atoms with Crippen molar-refractivity contribution in [1.82, 2.24) is 0 Å². The van der Waals surface area contributed by atoms with Crippen LogP contribution in [0.4, 0.5) is 5.00 Å². The van der Waals surface area contributed by atoms with E-state index in [0.717, 1.165) is 20.1 Å². The van der Waals surface area contributed by atoms with Gasteiger partial charge in [-0.05, 0) is 23.8 Å². The first kappa shape index (κ1) is 20.1. The SMILES string of the molecule is COC(=O)c1c(-c2ccc(Br)cc2)csc1NC(=O)c1sc2ccccc2c1Cl. The molecule has 1 N–H and O–H groups in total. The minimum Gasteiger partial charge on any atom is -0.465 e. The number of anilines is 1. The highest BCUT2D eigenvalue weighted by Crippen LogP contribution is 2.39. The molecule has 2 aromatic carbocycles. The number of nitrogens with one attached hydrogen (secondary N) is 1. The highest BCUT2D eigenvalue weighted by Gasteiger charge is 2.24. The summed E-state index contributed by atoms with van der Waals surface area (Å²) in [4.78, 5) is 25.8. The van der Waals surface area contributed by atoms with E-state index in [2.05, 4.69) is 21.2 Å². The summed E-state index contributed by atoms with van der Waals surface area (Å²) in [6.45, 7) is 0. The van der Waals surface area contributed by atoms with Gasteiger partial charge in [0.2, 0.25) is 0 Å². The van der Waals surface area contributed by atoms with Crippen molar-refractivity contribution in [3.8, 4) is 11.1 Å². The van der Waals surface area contributed by atoms with Gasteiger partial charge in [-0.25, -0.2) is 4.79 Å². The largest absolute Gasteiger partial charge is 0.465 e. The quantitative estimate of drug-likeness (QED) is 0.301. The second kappa shape index (κ2) is 8.28. The second-order valence-corrected chi connectivity index (χ2v) is 9.27. The van der Waals surface area contributed by atoms with Crippen molar-refractivity contribution in [2.75, 3.05) is 12.4 Å². The molecule has 0 saturated heterocycles. The van der Waals surface area contributed by atoms with Crippen LogP contribution in [0.25, 0.3) is 21.2 Å². The first-order valence-electron chi connectivity index (χ1n) is 8.43. The fourth-order valence-corrected chi connectivity index (χ4v) is 5.55. The van der Waals surface area contributed by atoms with Crippen LogP contribution in [-0.2, 0) is 4.74 Å². The molecule has 4 nitrogen and oxygen atoms in total. The van der Waals surface area contributed by atoms with Crippen LogP contribution in [0.1, 0.15) is 20.0 Å². The van der Waals surface area contributed by atoms with Gasteiger partial charge in [-0.2, -0.15) is 0 Å². The Bertz CT molecular complexity index is 1230. The maximum Gasteiger partial charge on any atom is 0.341 e. The fraction of sp³-hybridized carbons (Fsp3) is 0.0476. The summed E-state index contributed by atoms with van der Waals surface area (Å²) in [6, 6.07) is 15.1. The number of hydrogen-bond donors (Lipinski definition) is 1. The van der Waals surface area contributed by atoms with Gasteiger partial charge in [-0.1, -0.05) is 57.9 Å². The summed E-state index contributed by atoms with van der Waals surface area (Å²) < 4.78 is 6.83. The van der Waals surface area contributed by atoms with Gasteiger partial charge in [-0.3, -0.25) is 4.79 Å². The summed E-state index contributed by atoms with van der Waals surface area (Å²) in [5.41, 5.74) is 1.88. The topological polar surface area (TPSA) is 55.4 Å². The predicted molar refractivity (Wildman–Crippen MR) is 124 cm³/mol. The number of esters is 1. The zero-order valence-corrected chi connectivity index (χ0v) is 19.0. The van der Waals surface area contributed by atoms with E-state index in [1.807, 2.05) is 53.9 Å². The Morgan fingerprint density at radius 3 is 2.52 bits per heavy atom. The van der Waals surface area contributed by atoms with E-state index in [-0.39, 0.29) is 5.91 Å². The first-order chi connectivity index (χ1) is 14.0. The van der Waals surface area contributed by atoms with Crippen molar-refractivity contribution in [2.24, 2.45) is 0 Å². The van der Waals surface area contributed by atoms with Crippen LogP contribution in [0.5, 0.6) is 0 Å². The van der Waals surface area contributed by atoms with Crippen LogP contribution >= 0.6 is 50.2 Å². The molecule has 0 atom stereocenters. The van der Waals surface area contributed by atoms with E-state index >= 15 is 0 Å². The highest BCUT2D eigenvalue weighted by molar-refractivity contribution is 9.10. The van der Waals surface area contributed by atoms with Crippen LogP contribution in [0.3, 0.4) is 0 Å². The van der Waals surface area contributed by atoms with Crippen molar-refractivity contribution in [3.05, 3.63) is 73.8 Å². The van der Waals surface area contributed by atoms with Gasteiger partial charge in [-0.15, -0.1) is 22.7 Å². The van der Waals surface area contributed by atoms with E-state index in [0.29, 0.717) is 26.0 Å². The third kappa shape index (κ3) is 3.83. The summed E-state index contributed by atoms with van der Waals surface area (Å²) in [6.07, 6.45) is 0. The Kier molecular flexibility index (Phi) is 5.74. The maximum atomic E-state index is 12.9. The summed E-state index contributed by atoms with van der Waals surface area (Å²) >= 11 is 12.4. The van der Waals surface area contributed by atoms with Crippen molar-refractivity contribution in [3.63, 3.8) is 0 Å². The zero-order chi connectivity index (χ0) is 20.5. The highest BCUT2D eigenvalue weighted by atomic mass is 79.9. The second-order valence-electron chi connectivity index (χ2n) is 6.05. The van der Waals surface area contributed by atoms with Gasteiger partial charge < -0.3 is 10.1 Å². The molecule has 4 rings (SSSR count). The van der Waals surface area contributed by atoms with Crippen LogP contribution in [0.2, 0.25) is 5.02 Å². The Hall–Kier alpha value is -2.19. The predicted octanol–water partition coefficient (Wildman–Crippen LogP) is 7.08. The van der Waals surface area contributed by atoms with E-state index in [9.17, 15) is 9.59 Å². The molecule has 0 fully saturated rings. The molecule has 0 aliphatic carbocycles. The summed E-state index contributed by atoms with van der Waals surface area (Å²) in [7, 11) is 1.32. The maximum absolute atomic E-state index is 12.9. The molecule has 1 amide bonds. The van der Waals surface area contributed by atoms with Crippen LogP contribution < -0.4 is 5.32 Å². The lowest BCUT2D eigenvalue weighted by Crippen LogP contribution is -2.13. The van der Waals surface area contributed by atoms with E-state index < -0.39 is 5.97 Å². The standard InChI is InChI=1S/C21H13BrClNO3S2/c1-27-21(26)16-14(11-6-8-12(22)9-7-11)10-28-20(16)24-19(25)18-17(23)13-4-2-3-5-15(13)29-18/h2-10H,1H3,(H,24,25). The van der Waals surface area contributed by atoms with Gasteiger partial charge in [0.1, 0.15) is 15.4 Å². The normalized spacial score (nSPS) is 10.9. The summed E-state index contributed by atoms with van der Waals surface area (Å²) in [5.74, 6) is -0.868. The molecule has 0 saturated carbocycles. The minimum absolute atomic E-state index is 0.324. The number of halogens is 2. The third-order valence-electron chi connectivity index (χ3n) is 4.30. The van der Waals surface area contributed by atoms with Crippen molar-refractivity contribution >= 4 is 77.2 Å². The van der Waals surface area contributed by atoms with Crippen LogP contribution in [-0.4, -0.2) is 19.0 Å². The molecule has 2 aromatic heterocycles. The summed E-state index contributed by atoms with van der Waals surface area (Å²) in [5, 5.41) is 6.34. The molecule has 8 heteroatoms. The fourth-order valence-electron chi connectivity index (χ4n) is 2.92. The monoisotopic (exact) mass is 505 g/mol. The van der Waals surface area contributed by atoms with Gasteiger partial charge in [0.05, 0.1) is 12.1 Å². The number of benzene rings is 2. The lowest BCUT2D eigenvalue weighted by atomic mass is 10.0. The minimum atomic E-state index is -0.512. The average molecular weight is 507 g/mol. The Morgan fingerprint density at radius 2 is 1.83 bits per heavy atom. The average Bonchev–Trinajstić information content (AvgIpc) is 3.29. The molecule has 0 bridgehead atoms. The number of carbonyl (C=O) groups excluding carboxylic acids is 2. The molecule has 4 aromatic rings. The van der Waals surface area contributed by atoms with E-state index in [1.165, 1.54) is 29.8 Å². The Morgan fingerprint density at radius 1 is 1.10 bits per heavy atom. The van der Waals surface area contributed by atoms with Gasteiger partial charge in [0.25, 0.3) is 5.91 Å². The van der Waals surface area contributed by atoms with Gasteiger partial charge >= 0.3 is 5.97 Å². The number of hydrogen-bond acceptors (Lipinski definition) is 5. The number of thiophene rings is 2. The van der Waals surface area contributed by atoms with Crippen LogP contribution in [0, 0.1) is 0 Å². The molecule has 146 valence electrons. The van der Waals surface area contributed by atoms with Gasteiger partial charge in [0.15, 0.2) is 0 Å². The molecule has 0 radical (unpaired) electrons. The Labute approximate surface area is 188 Å². The molecule has 0 spiro atoms. The third-order valence-corrected chi connectivity index (χ3v) is 7.40. The van der Waals surface area contributed by atoms with Gasteiger partial charge in [0, 0.05) is 25.5 Å². The van der Waals surface area contributed by atoms with Crippen molar-refractivity contribution < 1.29 is 14.3 Å². The molecular formula is C21H13BrClNO3S2. The van der Waals surface area contributed by atoms with Crippen LogP contribution in [0.15, 0.2) is 58.4 Å². The Balaban J connectivity index is 1.73. The van der Waals surface area contributed by atoms with E-state index in [4.69, 9.17) is 16.3 Å². The van der Waals surface area contributed by atoms with Crippen molar-refractivity contribution in [2.45, 2.75) is 0 Å². The molecular weight excluding hydrogens is 494 g/mol. The molecule has 2 heterocycles. The first-order valence-corrected chi connectivity index (χ1v) is 11.3. The molecule has 0 aliphatic heterocycles. The number of ether oxygens (including phenoxy) is 1. The molecule has 0 unspecified atom stereocenters. The number of amides is 1. The number of fused-ring (bicyclic) bond motifs is 1. The lowest BCUT2D eigenvalue weighted by molar-refractivity contribution is 0.0603. The lowest BCUT2D eigenvalue weighted by Gasteiger charge is -2.07. The zero-order valence-electron chi connectivity index (χ0n) is 15.0. The number of carbonyl (C=O) groups is 2. The molecule has 0 aliphatic rings. The smallest absolute Gasteiger partial charge is 0.341 e. The number of methoxy groups -OCH3 is 1.